The van der Waals surface area contributed by atoms with E-state index in [1.807, 2.05) is 23.3 Å². The third kappa shape index (κ3) is 3.63. The molecule has 110 valence electrons. The predicted molar refractivity (Wildman–Crippen MR) is 87.2 cm³/mol. The summed E-state index contributed by atoms with van der Waals surface area (Å²) in [5, 5.41) is 0.531. The topological polar surface area (TPSA) is 20.3 Å². The monoisotopic (exact) mass is 331 g/mol. The molecule has 2 rings (SSSR count). The third-order valence-corrected chi connectivity index (χ3v) is 5.04. The second-order valence-corrected chi connectivity index (χ2v) is 6.64. The van der Waals surface area contributed by atoms with E-state index in [0.717, 1.165) is 24.2 Å². The number of hydrogen-bond donors (Lipinski definition) is 0. The van der Waals surface area contributed by atoms with Crippen molar-refractivity contribution in [2.24, 2.45) is 0 Å². The SMILES string of the molecule is CSc1ccc(Cl)c(C(=O)N(CCCCl)C2CCC2)c1. The lowest BCUT2D eigenvalue weighted by Gasteiger charge is -2.37. The first kappa shape index (κ1) is 16.0. The molecule has 1 saturated carbocycles. The molecule has 0 unspecified atom stereocenters. The Kier molecular flexibility index (Phi) is 6.06. The minimum absolute atomic E-state index is 0.0423. The lowest BCUT2D eigenvalue weighted by atomic mass is 9.91. The summed E-state index contributed by atoms with van der Waals surface area (Å²) in [5.41, 5.74) is 0.611. The van der Waals surface area contributed by atoms with Crippen LogP contribution in [0, 0.1) is 0 Å². The van der Waals surface area contributed by atoms with Crippen molar-refractivity contribution in [1.82, 2.24) is 4.90 Å². The molecule has 0 radical (unpaired) electrons. The van der Waals surface area contributed by atoms with E-state index in [9.17, 15) is 4.79 Å². The highest BCUT2D eigenvalue weighted by molar-refractivity contribution is 7.98. The number of benzene rings is 1. The van der Waals surface area contributed by atoms with Gasteiger partial charge in [0, 0.05) is 23.4 Å². The molecule has 1 fully saturated rings. The Bertz CT molecular complexity index is 477. The smallest absolute Gasteiger partial charge is 0.255 e. The second kappa shape index (κ2) is 7.58. The van der Waals surface area contributed by atoms with Gasteiger partial charge in [0.2, 0.25) is 0 Å². The number of alkyl halides is 1. The van der Waals surface area contributed by atoms with Crippen molar-refractivity contribution in [1.29, 1.82) is 0 Å². The molecular weight excluding hydrogens is 313 g/mol. The Hall–Kier alpha value is -0.380. The predicted octanol–water partition coefficient (Wildman–Crippen LogP) is 4.69. The third-order valence-electron chi connectivity index (χ3n) is 3.71. The van der Waals surface area contributed by atoms with Crippen LogP contribution in [0.15, 0.2) is 23.1 Å². The van der Waals surface area contributed by atoms with Gasteiger partial charge < -0.3 is 4.90 Å². The standard InChI is InChI=1S/C15H19Cl2NOS/c1-20-12-6-7-14(17)13(10-12)15(19)18(9-3-8-16)11-4-2-5-11/h6-7,10-11H,2-5,8-9H2,1H3. The Balaban J connectivity index is 2.21. The van der Waals surface area contributed by atoms with Crippen LogP contribution in [-0.4, -0.2) is 35.5 Å². The van der Waals surface area contributed by atoms with Gasteiger partial charge in [-0.3, -0.25) is 4.79 Å². The van der Waals surface area contributed by atoms with Crippen molar-refractivity contribution >= 4 is 40.9 Å². The highest BCUT2D eigenvalue weighted by Gasteiger charge is 2.29. The van der Waals surface area contributed by atoms with E-state index in [1.165, 1.54) is 6.42 Å². The minimum Gasteiger partial charge on any atom is -0.336 e. The number of carbonyl (C=O) groups is 1. The summed E-state index contributed by atoms with van der Waals surface area (Å²) in [7, 11) is 0. The molecular formula is C15H19Cl2NOS. The van der Waals surface area contributed by atoms with Gasteiger partial charge in [-0.1, -0.05) is 11.6 Å². The number of amides is 1. The molecule has 1 aromatic rings. The first-order chi connectivity index (χ1) is 9.67. The van der Waals surface area contributed by atoms with E-state index >= 15 is 0 Å². The van der Waals surface area contributed by atoms with E-state index < -0.39 is 0 Å². The number of carbonyl (C=O) groups excluding carboxylic acids is 1. The molecule has 0 aromatic heterocycles. The van der Waals surface area contributed by atoms with Crippen molar-refractivity contribution in [3.8, 4) is 0 Å². The van der Waals surface area contributed by atoms with Crippen LogP contribution in [0.4, 0.5) is 0 Å². The zero-order valence-electron chi connectivity index (χ0n) is 11.6. The summed E-state index contributed by atoms with van der Waals surface area (Å²) < 4.78 is 0. The van der Waals surface area contributed by atoms with Crippen LogP contribution in [0.25, 0.3) is 0 Å². The van der Waals surface area contributed by atoms with Gasteiger partial charge in [0.25, 0.3) is 5.91 Å². The first-order valence-corrected chi connectivity index (χ1v) is 9.01. The molecule has 2 nitrogen and oxygen atoms in total. The van der Waals surface area contributed by atoms with Crippen molar-refractivity contribution in [2.45, 2.75) is 36.6 Å². The van der Waals surface area contributed by atoms with Crippen molar-refractivity contribution < 1.29 is 4.79 Å². The normalized spacial score (nSPS) is 14.9. The molecule has 20 heavy (non-hydrogen) atoms. The van der Waals surface area contributed by atoms with Gasteiger partial charge in [-0.2, -0.15) is 0 Å². The van der Waals surface area contributed by atoms with Gasteiger partial charge >= 0.3 is 0 Å². The van der Waals surface area contributed by atoms with Gasteiger partial charge in [-0.05, 0) is 50.1 Å². The van der Waals surface area contributed by atoms with Gasteiger partial charge in [-0.15, -0.1) is 23.4 Å². The quantitative estimate of drug-likeness (QED) is 0.557. The van der Waals surface area contributed by atoms with Crippen LogP contribution in [0.3, 0.4) is 0 Å². The highest BCUT2D eigenvalue weighted by atomic mass is 35.5. The molecule has 1 aliphatic rings. The number of rotatable bonds is 6. The molecule has 0 atom stereocenters. The van der Waals surface area contributed by atoms with Crippen LogP contribution >= 0.6 is 35.0 Å². The summed E-state index contributed by atoms with van der Waals surface area (Å²) in [5.74, 6) is 0.621. The fourth-order valence-electron chi connectivity index (χ4n) is 2.33. The largest absolute Gasteiger partial charge is 0.336 e. The minimum atomic E-state index is 0.0423. The Labute approximate surface area is 134 Å². The fraction of sp³-hybridized carbons (Fsp3) is 0.533. The maximum atomic E-state index is 12.8. The van der Waals surface area contributed by atoms with Crippen LogP contribution in [0.2, 0.25) is 5.02 Å². The summed E-state index contributed by atoms with van der Waals surface area (Å²) >= 11 is 13.6. The van der Waals surface area contributed by atoms with Gasteiger partial charge in [0.05, 0.1) is 10.6 Å². The number of halogens is 2. The number of nitrogens with zero attached hydrogens (tertiary/aromatic N) is 1. The molecule has 0 saturated heterocycles. The lowest BCUT2D eigenvalue weighted by molar-refractivity contribution is 0.0580. The maximum Gasteiger partial charge on any atom is 0.255 e. The molecule has 0 N–H and O–H groups in total. The second-order valence-electron chi connectivity index (χ2n) is 4.97. The average Bonchev–Trinajstić information content (AvgIpc) is 2.41. The van der Waals surface area contributed by atoms with E-state index in [4.69, 9.17) is 23.2 Å². The summed E-state index contributed by atoms with van der Waals surface area (Å²) in [6.45, 7) is 0.715. The van der Waals surface area contributed by atoms with E-state index in [0.29, 0.717) is 29.1 Å². The lowest BCUT2D eigenvalue weighted by Crippen LogP contribution is -2.45. The van der Waals surface area contributed by atoms with Crippen LogP contribution < -0.4 is 0 Å². The van der Waals surface area contributed by atoms with E-state index in [2.05, 4.69) is 0 Å². The molecule has 0 bridgehead atoms. The fourth-order valence-corrected chi connectivity index (χ4v) is 3.09. The first-order valence-electron chi connectivity index (χ1n) is 6.88. The molecule has 1 aromatic carbocycles. The average molecular weight is 332 g/mol. The van der Waals surface area contributed by atoms with E-state index in [1.54, 1.807) is 17.8 Å². The Morgan fingerprint density at radius 1 is 1.45 bits per heavy atom. The molecule has 1 amide bonds. The molecule has 0 spiro atoms. The molecule has 0 aliphatic heterocycles. The number of thioether (sulfide) groups is 1. The zero-order chi connectivity index (χ0) is 14.5. The summed E-state index contributed by atoms with van der Waals surface area (Å²) in [6, 6.07) is 6.00. The zero-order valence-corrected chi connectivity index (χ0v) is 13.9. The number of hydrogen-bond acceptors (Lipinski definition) is 2. The van der Waals surface area contributed by atoms with Crippen LogP contribution in [-0.2, 0) is 0 Å². The Morgan fingerprint density at radius 2 is 2.20 bits per heavy atom. The van der Waals surface area contributed by atoms with Crippen LogP contribution in [0.1, 0.15) is 36.0 Å². The van der Waals surface area contributed by atoms with Crippen molar-refractivity contribution in [3.63, 3.8) is 0 Å². The van der Waals surface area contributed by atoms with Crippen molar-refractivity contribution in [2.75, 3.05) is 18.7 Å². The highest BCUT2D eigenvalue weighted by Crippen LogP contribution is 2.29. The summed E-state index contributed by atoms with van der Waals surface area (Å²) in [4.78, 5) is 15.8. The molecule has 1 aliphatic carbocycles. The molecule has 5 heteroatoms. The molecule has 0 heterocycles. The maximum absolute atomic E-state index is 12.8. The van der Waals surface area contributed by atoms with Gasteiger partial charge in [0.15, 0.2) is 0 Å². The van der Waals surface area contributed by atoms with Gasteiger partial charge in [-0.25, -0.2) is 0 Å². The summed E-state index contributed by atoms with van der Waals surface area (Å²) in [6.07, 6.45) is 6.20. The van der Waals surface area contributed by atoms with Gasteiger partial charge in [0.1, 0.15) is 0 Å². The van der Waals surface area contributed by atoms with Crippen molar-refractivity contribution in [3.05, 3.63) is 28.8 Å². The Morgan fingerprint density at radius 3 is 2.75 bits per heavy atom. The van der Waals surface area contributed by atoms with Crippen LogP contribution in [0.5, 0.6) is 0 Å². The van der Waals surface area contributed by atoms with E-state index in [-0.39, 0.29) is 5.91 Å².